The number of aryl methyl sites for hydroxylation is 1. The zero-order valence-electron chi connectivity index (χ0n) is 7.63. The minimum Gasteiger partial charge on any atom is -0.371 e. The molecule has 66 valence electrons. The molecule has 1 heterocycles. The van der Waals surface area contributed by atoms with Gasteiger partial charge in [-0.3, -0.25) is 0 Å². The van der Waals surface area contributed by atoms with Gasteiger partial charge in [0.25, 0.3) is 0 Å². The van der Waals surface area contributed by atoms with Crippen molar-refractivity contribution in [2.75, 3.05) is 24.4 Å². The fraction of sp³-hybridized carbons (Fsp3) is 0.375. The van der Waals surface area contributed by atoms with Crippen LogP contribution < -0.4 is 16.2 Å². The third-order valence-electron chi connectivity index (χ3n) is 1.62. The first-order valence-electron chi connectivity index (χ1n) is 3.78. The summed E-state index contributed by atoms with van der Waals surface area (Å²) in [5.74, 6) is 6.41. The Morgan fingerprint density at radius 3 is 2.75 bits per heavy atom. The maximum atomic E-state index is 5.61. The van der Waals surface area contributed by atoms with Gasteiger partial charge in [0.05, 0.1) is 5.69 Å². The molecule has 0 fully saturated rings. The zero-order chi connectivity index (χ0) is 9.14. The van der Waals surface area contributed by atoms with E-state index in [4.69, 9.17) is 5.84 Å². The van der Waals surface area contributed by atoms with E-state index in [2.05, 4.69) is 10.3 Å². The topological polar surface area (TPSA) is 54.2 Å². The molecule has 0 bridgehead atoms. The average Bonchev–Trinajstić information content (AvgIpc) is 2.04. The number of rotatable bonds is 2. The molecule has 0 aliphatic rings. The first kappa shape index (κ1) is 8.80. The van der Waals surface area contributed by atoms with Crippen LogP contribution in [0.2, 0.25) is 0 Å². The molecule has 4 heteroatoms. The average molecular weight is 166 g/mol. The molecule has 0 unspecified atom stereocenters. The number of hydrogen-bond acceptors (Lipinski definition) is 4. The van der Waals surface area contributed by atoms with Gasteiger partial charge in [-0.05, 0) is 18.6 Å². The normalized spacial score (nSPS) is 9.67. The van der Waals surface area contributed by atoms with Gasteiger partial charge in [-0.15, -0.1) is 0 Å². The van der Waals surface area contributed by atoms with Crippen LogP contribution in [0.3, 0.4) is 0 Å². The summed E-state index contributed by atoms with van der Waals surface area (Å²) in [6, 6.07) is 1.98. The number of nitrogens with zero attached hydrogens (tertiary/aromatic N) is 2. The van der Waals surface area contributed by atoms with Crippen LogP contribution in [0.4, 0.5) is 11.5 Å². The first-order valence-corrected chi connectivity index (χ1v) is 3.78. The smallest absolute Gasteiger partial charge is 0.150 e. The molecule has 0 aromatic carbocycles. The monoisotopic (exact) mass is 166 g/mol. The molecule has 0 amide bonds. The Bertz CT molecular complexity index is 270. The molecule has 0 aliphatic carbocycles. The predicted octanol–water partition coefficient (Wildman–Crippen LogP) is 0.742. The molecule has 1 aromatic heterocycles. The van der Waals surface area contributed by atoms with E-state index >= 15 is 0 Å². The van der Waals surface area contributed by atoms with Crippen LogP contribution >= 0.6 is 0 Å². The Kier molecular flexibility index (Phi) is 2.50. The van der Waals surface area contributed by atoms with E-state index in [-0.39, 0.29) is 0 Å². The number of hydrazine groups is 1. The van der Waals surface area contributed by atoms with E-state index in [1.165, 1.54) is 0 Å². The van der Waals surface area contributed by atoms with Crippen LogP contribution in [0.1, 0.15) is 5.56 Å². The van der Waals surface area contributed by atoms with Crippen LogP contribution in [0, 0.1) is 6.92 Å². The SMILES string of the molecule is CNc1ncc(C)cc1N(C)N. The molecule has 0 atom stereocenters. The number of nitrogens with one attached hydrogen (secondary N) is 1. The van der Waals surface area contributed by atoms with Crippen molar-refractivity contribution in [2.24, 2.45) is 5.84 Å². The van der Waals surface area contributed by atoms with Gasteiger partial charge in [0, 0.05) is 20.3 Å². The van der Waals surface area contributed by atoms with Gasteiger partial charge in [-0.2, -0.15) is 0 Å². The molecule has 0 radical (unpaired) electrons. The van der Waals surface area contributed by atoms with Crippen LogP contribution in [-0.4, -0.2) is 19.1 Å². The lowest BCUT2D eigenvalue weighted by Crippen LogP contribution is -2.26. The summed E-state index contributed by atoms with van der Waals surface area (Å²) in [6.45, 7) is 1.99. The van der Waals surface area contributed by atoms with E-state index < -0.39 is 0 Å². The van der Waals surface area contributed by atoms with Crippen molar-refractivity contribution in [1.29, 1.82) is 0 Å². The Morgan fingerprint density at radius 1 is 1.58 bits per heavy atom. The molecule has 0 saturated heterocycles. The standard InChI is InChI=1S/C8H14N4/c1-6-4-7(12(3)9)8(10-2)11-5-6/h4-5H,9H2,1-3H3,(H,10,11). The molecule has 0 spiro atoms. The summed E-state index contributed by atoms with van der Waals surface area (Å²) in [7, 11) is 3.61. The predicted molar refractivity (Wildman–Crippen MR) is 51.1 cm³/mol. The van der Waals surface area contributed by atoms with Crippen molar-refractivity contribution in [2.45, 2.75) is 6.92 Å². The lowest BCUT2D eigenvalue weighted by atomic mass is 10.3. The van der Waals surface area contributed by atoms with E-state index in [0.29, 0.717) is 0 Å². The lowest BCUT2D eigenvalue weighted by Gasteiger charge is -2.15. The maximum absolute atomic E-state index is 5.61. The van der Waals surface area contributed by atoms with Gasteiger partial charge in [-0.25, -0.2) is 10.8 Å². The highest BCUT2D eigenvalue weighted by molar-refractivity contribution is 5.65. The van der Waals surface area contributed by atoms with Gasteiger partial charge < -0.3 is 10.3 Å². The Morgan fingerprint density at radius 2 is 2.25 bits per heavy atom. The molecular formula is C8H14N4. The van der Waals surface area contributed by atoms with Crippen molar-refractivity contribution < 1.29 is 0 Å². The fourth-order valence-electron chi connectivity index (χ4n) is 1.02. The maximum Gasteiger partial charge on any atom is 0.150 e. The zero-order valence-corrected chi connectivity index (χ0v) is 7.63. The summed E-state index contributed by atoms with van der Waals surface area (Å²) < 4.78 is 0. The molecule has 1 aromatic rings. The number of aromatic nitrogens is 1. The number of anilines is 2. The second-order valence-corrected chi connectivity index (χ2v) is 2.74. The fourth-order valence-corrected chi connectivity index (χ4v) is 1.02. The third kappa shape index (κ3) is 1.65. The van der Waals surface area contributed by atoms with E-state index in [1.54, 1.807) is 18.3 Å². The quantitative estimate of drug-likeness (QED) is 0.502. The van der Waals surface area contributed by atoms with Gasteiger partial charge in [0.1, 0.15) is 0 Å². The third-order valence-corrected chi connectivity index (χ3v) is 1.62. The lowest BCUT2D eigenvalue weighted by molar-refractivity contribution is 1.00. The molecule has 3 N–H and O–H groups in total. The first-order chi connectivity index (χ1) is 5.65. The summed E-state index contributed by atoms with van der Waals surface area (Å²) in [6.07, 6.45) is 1.80. The molecule has 4 nitrogen and oxygen atoms in total. The number of nitrogens with two attached hydrogens (primary N) is 1. The van der Waals surface area contributed by atoms with Gasteiger partial charge in [0.15, 0.2) is 5.82 Å². The highest BCUT2D eigenvalue weighted by Crippen LogP contribution is 2.20. The minimum absolute atomic E-state index is 0.797. The van der Waals surface area contributed by atoms with E-state index in [1.807, 2.05) is 20.0 Å². The van der Waals surface area contributed by atoms with Crippen molar-refractivity contribution in [1.82, 2.24) is 4.98 Å². The van der Waals surface area contributed by atoms with Crippen molar-refractivity contribution in [3.8, 4) is 0 Å². The van der Waals surface area contributed by atoms with E-state index in [0.717, 1.165) is 17.1 Å². The molecule has 1 rings (SSSR count). The van der Waals surface area contributed by atoms with Crippen LogP contribution in [-0.2, 0) is 0 Å². The van der Waals surface area contributed by atoms with Crippen molar-refractivity contribution in [3.63, 3.8) is 0 Å². The van der Waals surface area contributed by atoms with E-state index in [9.17, 15) is 0 Å². The number of hydrogen-bond donors (Lipinski definition) is 2. The summed E-state index contributed by atoms with van der Waals surface area (Å²) in [5.41, 5.74) is 2.00. The van der Waals surface area contributed by atoms with Crippen molar-refractivity contribution >= 4 is 11.5 Å². The molecular weight excluding hydrogens is 152 g/mol. The van der Waals surface area contributed by atoms with Gasteiger partial charge >= 0.3 is 0 Å². The van der Waals surface area contributed by atoms with Crippen molar-refractivity contribution in [3.05, 3.63) is 17.8 Å². The van der Waals surface area contributed by atoms with Gasteiger partial charge in [-0.1, -0.05) is 0 Å². The Labute approximate surface area is 72.4 Å². The molecule has 0 aliphatic heterocycles. The second kappa shape index (κ2) is 3.40. The number of pyridine rings is 1. The molecule has 0 saturated carbocycles. The Hall–Kier alpha value is -1.29. The highest BCUT2D eigenvalue weighted by atomic mass is 15.4. The van der Waals surface area contributed by atoms with Crippen LogP contribution in [0.5, 0.6) is 0 Å². The summed E-state index contributed by atoms with van der Waals surface area (Å²) in [5, 5.41) is 4.52. The summed E-state index contributed by atoms with van der Waals surface area (Å²) in [4.78, 5) is 4.19. The summed E-state index contributed by atoms with van der Waals surface area (Å²) >= 11 is 0. The molecule has 12 heavy (non-hydrogen) atoms. The Balaban J connectivity index is 3.12. The second-order valence-electron chi connectivity index (χ2n) is 2.74. The van der Waals surface area contributed by atoms with Crippen LogP contribution in [0.25, 0.3) is 0 Å². The highest BCUT2D eigenvalue weighted by Gasteiger charge is 2.03. The largest absolute Gasteiger partial charge is 0.371 e. The van der Waals surface area contributed by atoms with Crippen LogP contribution in [0.15, 0.2) is 12.3 Å². The van der Waals surface area contributed by atoms with Gasteiger partial charge in [0.2, 0.25) is 0 Å². The minimum atomic E-state index is 0.797.